The minimum atomic E-state index is 0.588. The van der Waals surface area contributed by atoms with Crippen molar-refractivity contribution in [3.8, 4) is 11.8 Å². The van der Waals surface area contributed by atoms with Crippen molar-refractivity contribution < 1.29 is 4.74 Å². The van der Waals surface area contributed by atoms with Crippen LogP contribution in [0.15, 0.2) is 30.5 Å². The van der Waals surface area contributed by atoms with Crippen LogP contribution in [-0.2, 0) is 0 Å². The van der Waals surface area contributed by atoms with Gasteiger partial charge in [-0.15, -0.1) is 0 Å². The van der Waals surface area contributed by atoms with Crippen LogP contribution < -0.4 is 10.1 Å². The lowest BCUT2D eigenvalue weighted by atomic mass is 10.3. The van der Waals surface area contributed by atoms with E-state index in [4.69, 9.17) is 10.00 Å². The first kappa shape index (κ1) is 10.5. The average Bonchev–Trinajstić information content (AvgIpc) is 2.77. The number of aromatic nitrogens is 1. The zero-order valence-electron chi connectivity index (χ0n) is 8.60. The molecule has 0 saturated carbocycles. The van der Waals surface area contributed by atoms with Crippen molar-refractivity contribution in [2.24, 2.45) is 0 Å². The number of methoxy groups -OCH3 is 1. The predicted octanol–water partition coefficient (Wildman–Crippen LogP) is 2.77. The summed E-state index contributed by atoms with van der Waals surface area (Å²) in [5.41, 5.74) is 0.887. The van der Waals surface area contributed by atoms with E-state index in [1.54, 1.807) is 13.3 Å². The Bertz CT molecular complexity index is 530. The second-order valence-electron chi connectivity index (χ2n) is 3.00. The SMILES string of the molecule is COc1cccc(Nc2ncc(C#N)s2)c1. The van der Waals surface area contributed by atoms with Crippen molar-refractivity contribution in [3.05, 3.63) is 35.3 Å². The maximum Gasteiger partial charge on any atom is 0.188 e. The Labute approximate surface area is 97.1 Å². The van der Waals surface area contributed by atoms with Crippen LogP contribution in [0.5, 0.6) is 5.75 Å². The van der Waals surface area contributed by atoms with Gasteiger partial charge in [0.05, 0.1) is 13.3 Å². The molecule has 1 heterocycles. The van der Waals surface area contributed by atoms with Gasteiger partial charge < -0.3 is 10.1 Å². The Morgan fingerprint density at radius 3 is 3.06 bits per heavy atom. The molecular formula is C11H9N3OS. The zero-order chi connectivity index (χ0) is 11.4. The lowest BCUT2D eigenvalue weighted by Gasteiger charge is -2.04. The van der Waals surface area contributed by atoms with Gasteiger partial charge in [0.15, 0.2) is 5.13 Å². The number of benzene rings is 1. The molecule has 0 aliphatic heterocycles. The van der Waals surface area contributed by atoms with Gasteiger partial charge >= 0.3 is 0 Å². The molecule has 16 heavy (non-hydrogen) atoms. The standard InChI is InChI=1S/C11H9N3OS/c1-15-9-4-2-3-8(5-9)14-11-13-7-10(6-12)16-11/h2-5,7H,1H3,(H,13,14). The van der Waals surface area contributed by atoms with Gasteiger partial charge in [-0.2, -0.15) is 5.26 Å². The molecule has 0 aliphatic carbocycles. The molecule has 0 atom stereocenters. The summed E-state index contributed by atoms with van der Waals surface area (Å²) < 4.78 is 5.11. The van der Waals surface area contributed by atoms with Crippen LogP contribution in [0.2, 0.25) is 0 Å². The van der Waals surface area contributed by atoms with E-state index in [1.165, 1.54) is 11.3 Å². The number of nitriles is 1. The highest BCUT2D eigenvalue weighted by Crippen LogP contribution is 2.24. The quantitative estimate of drug-likeness (QED) is 0.882. The smallest absolute Gasteiger partial charge is 0.188 e. The zero-order valence-corrected chi connectivity index (χ0v) is 9.41. The van der Waals surface area contributed by atoms with Crippen LogP contribution in [0, 0.1) is 11.3 Å². The number of hydrogen-bond donors (Lipinski definition) is 1. The van der Waals surface area contributed by atoms with E-state index in [9.17, 15) is 0 Å². The largest absolute Gasteiger partial charge is 0.497 e. The molecule has 80 valence electrons. The molecule has 1 aromatic carbocycles. The molecule has 0 unspecified atom stereocenters. The fraction of sp³-hybridized carbons (Fsp3) is 0.0909. The topological polar surface area (TPSA) is 57.9 Å². The summed E-state index contributed by atoms with van der Waals surface area (Å²) in [7, 11) is 1.62. The Morgan fingerprint density at radius 2 is 2.38 bits per heavy atom. The van der Waals surface area contributed by atoms with Gasteiger partial charge in [-0.05, 0) is 12.1 Å². The van der Waals surface area contributed by atoms with Gasteiger partial charge in [0.25, 0.3) is 0 Å². The van der Waals surface area contributed by atoms with E-state index in [2.05, 4.69) is 10.3 Å². The normalized spacial score (nSPS) is 9.50. The number of ether oxygens (including phenoxy) is 1. The minimum absolute atomic E-state index is 0.588. The van der Waals surface area contributed by atoms with Gasteiger partial charge in [0, 0.05) is 11.8 Å². The third-order valence-electron chi connectivity index (χ3n) is 1.94. The van der Waals surface area contributed by atoms with Gasteiger partial charge in [-0.3, -0.25) is 0 Å². The van der Waals surface area contributed by atoms with Crippen molar-refractivity contribution in [1.82, 2.24) is 4.98 Å². The Hall–Kier alpha value is -2.06. The number of nitrogens with one attached hydrogen (secondary N) is 1. The minimum Gasteiger partial charge on any atom is -0.497 e. The van der Waals surface area contributed by atoms with Gasteiger partial charge in [-0.25, -0.2) is 4.98 Å². The van der Waals surface area contributed by atoms with Crippen LogP contribution in [0.25, 0.3) is 0 Å². The molecule has 2 rings (SSSR count). The van der Waals surface area contributed by atoms with E-state index < -0.39 is 0 Å². The van der Waals surface area contributed by atoms with Crippen molar-refractivity contribution in [2.45, 2.75) is 0 Å². The van der Waals surface area contributed by atoms with Crippen LogP contribution in [0.1, 0.15) is 4.88 Å². The average molecular weight is 231 g/mol. The Balaban J connectivity index is 2.17. The molecule has 0 radical (unpaired) electrons. The summed E-state index contributed by atoms with van der Waals surface area (Å²) in [4.78, 5) is 4.67. The number of hydrogen-bond acceptors (Lipinski definition) is 5. The summed E-state index contributed by atoms with van der Waals surface area (Å²) in [6.07, 6.45) is 1.55. The number of rotatable bonds is 3. The van der Waals surface area contributed by atoms with Crippen molar-refractivity contribution >= 4 is 22.2 Å². The van der Waals surface area contributed by atoms with E-state index in [0.717, 1.165) is 11.4 Å². The molecule has 5 heteroatoms. The summed E-state index contributed by atoms with van der Waals surface area (Å²) >= 11 is 1.32. The molecular weight excluding hydrogens is 222 g/mol. The Morgan fingerprint density at radius 1 is 1.50 bits per heavy atom. The molecule has 0 saturated heterocycles. The van der Waals surface area contributed by atoms with Gasteiger partial charge in [0.2, 0.25) is 0 Å². The molecule has 1 N–H and O–H groups in total. The number of anilines is 2. The monoisotopic (exact) mass is 231 g/mol. The summed E-state index contributed by atoms with van der Waals surface area (Å²) in [5.74, 6) is 0.780. The third kappa shape index (κ3) is 2.30. The third-order valence-corrected chi connectivity index (χ3v) is 2.75. The van der Waals surface area contributed by atoms with E-state index in [-0.39, 0.29) is 0 Å². The van der Waals surface area contributed by atoms with E-state index >= 15 is 0 Å². The van der Waals surface area contributed by atoms with Crippen LogP contribution in [0.4, 0.5) is 10.8 Å². The van der Waals surface area contributed by atoms with Crippen molar-refractivity contribution in [3.63, 3.8) is 0 Å². The van der Waals surface area contributed by atoms with E-state index in [1.807, 2.05) is 30.3 Å². The highest BCUT2D eigenvalue weighted by molar-refractivity contribution is 7.16. The second-order valence-corrected chi connectivity index (χ2v) is 4.03. The number of thiazole rings is 1. The predicted molar refractivity (Wildman–Crippen MR) is 63.1 cm³/mol. The fourth-order valence-electron chi connectivity index (χ4n) is 1.21. The van der Waals surface area contributed by atoms with Crippen LogP contribution in [0.3, 0.4) is 0 Å². The Kier molecular flexibility index (Phi) is 3.03. The summed E-state index contributed by atoms with van der Waals surface area (Å²) in [6.45, 7) is 0. The second kappa shape index (κ2) is 4.64. The van der Waals surface area contributed by atoms with Gasteiger partial charge in [0.1, 0.15) is 16.7 Å². The van der Waals surface area contributed by atoms with Gasteiger partial charge in [-0.1, -0.05) is 17.4 Å². The maximum atomic E-state index is 8.67. The molecule has 0 spiro atoms. The molecule has 0 amide bonds. The molecule has 1 aromatic heterocycles. The molecule has 0 fully saturated rings. The number of nitrogens with zero attached hydrogens (tertiary/aromatic N) is 2. The van der Waals surface area contributed by atoms with E-state index in [0.29, 0.717) is 10.0 Å². The first-order valence-electron chi connectivity index (χ1n) is 4.59. The van der Waals surface area contributed by atoms with Crippen molar-refractivity contribution in [2.75, 3.05) is 12.4 Å². The maximum absolute atomic E-state index is 8.67. The highest BCUT2D eigenvalue weighted by Gasteiger charge is 2.01. The lowest BCUT2D eigenvalue weighted by Crippen LogP contribution is -1.89. The first-order valence-corrected chi connectivity index (χ1v) is 5.40. The first-order chi connectivity index (χ1) is 7.81. The summed E-state index contributed by atoms with van der Waals surface area (Å²) in [6, 6.07) is 9.59. The summed E-state index contributed by atoms with van der Waals surface area (Å²) in [5, 5.41) is 12.5. The molecule has 0 bridgehead atoms. The van der Waals surface area contributed by atoms with Crippen LogP contribution in [-0.4, -0.2) is 12.1 Å². The van der Waals surface area contributed by atoms with Crippen LogP contribution >= 0.6 is 11.3 Å². The molecule has 2 aromatic rings. The highest BCUT2D eigenvalue weighted by atomic mass is 32.1. The molecule has 4 nitrogen and oxygen atoms in total. The fourth-order valence-corrected chi connectivity index (χ4v) is 1.84. The molecule has 0 aliphatic rings. The lowest BCUT2D eigenvalue weighted by molar-refractivity contribution is 0.415. The van der Waals surface area contributed by atoms with Crippen molar-refractivity contribution in [1.29, 1.82) is 5.26 Å².